The molecule has 0 amide bonds. The molecule has 1 unspecified atom stereocenters. The van der Waals surface area contributed by atoms with Gasteiger partial charge in [-0.3, -0.25) is 0 Å². The molecule has 0 aliphatic heterocycles. The van der Waals surface area contributed by atoms with Crippen LogP contribution in [0.3, 0.4) is 0 Å². The number of halogens is 4. The molecule has 0 aliphatic carbocycles. The van der Waals surface area contributed by atoms with Gasteiger partial charge in [0.2, 0.25) is 0 Å². The van der Waals surface area contributed by atoms with Crippen LogP contribution in [0.4, 0.5) is 0 Å². The molecule has 0 saturated carbocycles. The SMILES string of the molecule is COC(Cl)(Oc1c(Cl)cc(Cl)cc1Cl)C(=O)O. The van der Waals surface area contributed by atoms with Crippen molar-refractivity contribution in [2.24, 2.45) is 0 Å². The third-order valence-corrected chi connectivity index (χ3v) is 2.89. The summed E-state index contributed by atoms with van der Waals surface area (Å²) < 4.78 is 9.49. The van der Waals surface area contributed by atoms with Crippen LogP contribution in [0.15, 0.2) is 12.1 Å². The van der Waals surface area contributed by atoms with Gasteiger partial charge in [0.25, 0.3) is 0 Å². The van der Waals surface area contributed by atoms with Gasteiger partial charge in [0, 0.05) is 12.1 Å². The molecule has 0 radical (unpaired) electrons. The van der Waals surface area contributed by atoms with E-state index in [1.54, 1.807) is 0 Å². The normalized spacial score (nSPS) is 14.2. The van der Waals surface area contributed by atoms with Crippen molar-refractivity contribution in [3.63, 3.8) is 0 Å². The molecule has 17 heavy (non-hydrogen) atoms. The molecule has 1 aromatic carbocycles. The summed E-state index contributed by atoms with van der Waals surface area (Å²) in [6.07, 6.45) is 0. The maximum Gasteiger partial charge on any atom is 0.395 e. The first-order valence-electron chi connectivity index (χ1n) is 4.11. The number of rotatable bonds is 4. The molecule has 8 heteroatoms. The van der Waals surface area contributed by atoms with Crippen LogP contribution in [-0.2, 0) is 9.53 Å². The fourth-order valence-electron chi connectivity index (χ4n) is 0.930. The molecule has 0 bridgehead atoms. The lowest BCUT2D eigenvalue weighted by Gasteiger charge is -2.22. The molecule has 0 aromatic heterocycles. The van der Waals surface area contributed by atoms with E-state index in [9.17, 15) is 4.79 Å². The minimum atomic E-state index is -2.40. The molecule has 1 atom stereocenters. The van der Waals surface area contributed by atoms with Gasteiger partial charge in [-0.2, -0.15) is 0 Å². The summed E-state index contributed by atoms with van der Waals surface area (Å²) in [7, 11) is 1.07. The van der Waals surface area contributed by atoms with Crippen molar-refractivity contribution < 1.29 is 19.4 Å². The van der Waals surface area contributed by atoms with Crippen LogP contribution in [0, 0.1) is 0 Å². The second-order valence-electron chi connectivity index (χ2n) is 2.85. The molecule has 1 rings (SSSR count). The van der Waals surface area contributed by atoms with Crippen LogP contribution in [0.1, 0.15) is 0 Å². The Morgan fingerprint density at radius 2 is 1.76 bits per heavy atom. The number of carbonyl (C=O) groups is 1. The third-order valence-electron chi connectivity index (χ3n) is 1.71. The molecule has 0 saturated heterocycles. The predicted molar refractivity (Wildman–Crippen MR) is 65.3 cm³/mol. The van der Waals surface area contributed by atoms with Gasteiger partial charge in [-0.15, -0.1) is 0 Å². The largest absolute Gasteiger partial charge is 0.475 e. The molecule has 0 heterocycles. The van der Waals surface area contributed by atoms with Gasteiger partial charge in [0.1, 0.15) is 0 Å². The molecule has 94 valence electrons. The Kier molecular flexibility index (Phi) is 4.75. The number of carboxylic acid groups (broad SMARTS) is 1. The van der Waals surface area contributed by atoms with Crippen molar-refractivity contribution >= 4 is 52.4 Å². The first kappa shape index (κ1) is 14.7. The van der Waals surface area contributed by atoms with E-state index in [2.05, 4.69) is 4.74 Å². The Hall–Kier alpha value is -0.390. The molecule has 0 spiro atoms. The number of hydrogen-bond donors (Lipinski definition) is 1. The third kappa shape index (κ3) is 3.30. The summed E-state index contributed by atoms with van der Waals surface area (Å²) in [5.41, 5.74) is 0. The lowest BCUT2D eigenvalue weighted by Crippen LogP contribution is -2.40. The first-order chi connectivity index (χ1) is 7.80. The van der Waals surface area contributed by atoms with Crippen LogP contribution in [0.2, 0.25) is 15.1 Å². The van der Waals surface area contributed by atoms with Crippen molar-refractivity contribution in [2.75, 3.05) is 7.11 Å². The van der Waals surface area contributed by atoms with Crippen LogP contribution >= 0.6 is 46.4 Å². The number of hydrogen-bond acceptors (Lipinski definition) is 3. The maximum absolute atomic E-state index is 10.9. The summed E-state index contributed by atoms with van der Waals surface area (Å²) in [5, 5.41) is 6.75. The van der Waals surface area contributed by atoms with E-state index in [1.165, 1.54) is 12.1 Å². The highest BCUT2D eigenvalue weighted by molar-refractivity contribution is 6.40. The zero-order valence-corrected chi connectivity index (χ0v) is 11.4. The summed E-state index contributed by atoms with van der Waals surface area (Å²) in [6.45, 7) is 0. The van der Waals surface area contributed by atoms with Crippen LogP contribution < -0.4 is 4.74 Å². The van der Waals surface area contributed by atoms with Crippen molar-refractivity contribution in [1.82, 2.24) is 0 Å². The summed E-state index contributed by atoms with van der Waals surface area (Å²) in [5.74, 6) is -1.67. The average Bonchev–Trinajstić information content (AvgIpc) is 2.22. The average molecular weight is 320 g/mol. The van der Waals surface area contributed by atoms with Crippen molar-refractivity contribution in [2.45, 2.75) is 5.25 Å². The fraction of sp³-hybridized carbons (Fsp3) is 0.222. The molecule has 0 fully saturated rings. The van der Waals surface area contributed by atoms with E-state index in [0.717, 1.165) is 7.11 Å². The van der Waals surface area contributed by atoms with Gasteiger partial charge in [0.05, 0.1) is 10.0 Å². The van der Waals surface area contributed by atoms with E-state index in [-0.39, 0.29) is 20.8 Å². The van der Waals surface area contributed by atoms with E-state index >= 15 is 0 Å². The summed E-state index contributed by atoms with van der Waals surface area (Å²) >= 11 is 22.9. The molecule has 0 aliphatic rings. The van der Waals surface area contributed by atoms with E-state index in [1.807, 2.05) is 0 Å². The van der Waals surface area contributed by atoms with E-state index in [0.29, 0.717) is 0 Å². The summed E-state index contributed by atoms with van der Waals surface area (Å²) in [4.78, 5) is 10.9. The topological polar surface area (TPSA) is 55.8 Å². The highest BCUT2D eigenvalue weighted by Crippen LogP contribution is 2.38. The monoisotopic (exact) mass is 318 g/mol. The van der Waals surface area contributed by atoms with Crippen LogP contribution in [0.25, 0.3) is 0 Å². The Balaban J connectivity index is 3.15. The van der Waals surface area contributed by atoms with Crippen LogP contribution in [0.5, 0.6) is 5.75 Å². The number of carboxylic acids is 1. The second kappa shape index (κ2) is 5.50. The smallest absolute Gasteiger partial charge is 0.395 e. The van der Waals surface area contributed by atoms with Crippen molar-refractivity contribution in [3.8, 4) is 5.75 Å². The van der Waals surface area contributed by atoms with Gasteiger partial charge < -0.3 is 14.6 Å². The Labute approximate surface area is 117 Å². The van der Waals surface area contributed by atoms with E-state index < -0.39 is 11.2 Å². The molecule has 4 nitrogen and oxygen atoms in total. The zero-order chi connectivity index (χ0) is 13.2. The predicted octanol–water partition coefficient (Wildman–Crippen LogP) is 3.65. The first-order valence-corrected chi connectivity index (χ1v) is 5.62. The number of ether oxygens (including phenoxy) is 2. The van der Waals surface area contributed by atoms with Gasteiger partial charge in [-0.25, -0.2) is 4.79 Å². The second-order valence-corrected chi connectivity index (χ2v) is 4.59. The Morgan fingerprint density at radius 1 is 1.29 bits per heavy atom. The quantitative estimate of drug-likeness (QED) is 0.680. The number of alkyl halides is 1. The van der Waals surface area contributed by atoms with Crippen LogP contribution in [-0.4, -0.2) is 23.4 Å². The van der Waals surface area contributed by atoms with E-state index in [4.69, 9.17) is 56.2 Å². The fourth-order valence-corrected chi connectivity index (χ4v) is 1.90. The minimum absolute atomic E-state index is 0.0193. The zero-order valence-electron chi connectivity index (χ0n) is 8.34. The highest BCUT2D eigenvalue weighted by atomic mass is 35.5. The number of methoxy groups -OCH3 is 1. The van der Waals surface area contributed by atoms with Crippen molar-refractivity contribution in [1.29, 1.82) is 0 Å². The molecular formula is C9H6Cl4O4. The summed E-state index contributed by atoms with van der Waals surface area (Å²) in [6, 6.07) is 2.66. The van der Waals surface area contributed by atoms with Crippen molar-refractivity contribution in [3.05, 3.63) is 27.2 Å². The molecule has 1 aromatic rings. The Bertz CT molecular complexity index is 428. The number of aliphatic carboxylic acids is 1. The van der Waals surface area contributed by atoms with Gasteiger partial charge >= 0.3 is 11.2 Å². The van der Waals surface area contributed by atoms with Gasteiger partial charge in [-0.05, 0) is 23.7 Å². The number of benzene rings is 1. The highest BCUT2D eigenvalue weighted by Gasteiger charge is 2.40. The maximum atomic E-state index is 10.9. The standard InChI is InChI=1S/C9H6Cl4O4/c1-16-9(13,8(14)15)17-7-5(11)2-4(10)3-6(7)12/h2-3H,1H3,(H,14,15). The Morgan fingerprint density at radius 3 is 2.12 bits per heavy atom. The molecular weight excluding hydrogens is 314 g/mol. The van der Waals surface area contributed by atoms with Gasteiger partial charge in [-0.1, -0.05) is 34.8 Å². The lowest BCUT2D eigenvalue weighted by atomic mass is 10.3. The van der Waals surface area contributed by atoms with Gasteiger partial charge in [0.15, 0.2) is 5.75 Å². The molecule has 1 N–H and O–H groups in total. The minimum Gasteiger partial charge on any atom is -0.475 e. The lowest BCUT2D eigenvalue weighted by molar-refractivity contribution is -0.177.